The maximum Gasteiger partial charge on any atom is 0.0409 e. The molecule has 0 bridgehead atoms. The maximum absolute atomic E-state index is 6.00. The molecule has 1 aliphatic heterocycles. The SMILES string of the molecule is CCCN(Cc1cccc(Cl)c1)C1CNC1. The lowest BCUT2D eigenvalue weighted by atomic mass is 10.1. The molecule has 0 radical (unpaired) electrons. The molecule has 0 amide bonds. The van der Waals surface area contributed by atoms with Gasteiger partial charge >= 0.3 is 0 Å². The number of benzene rings is 1. The molecule has 0 unspecified atom stereocenters. The van der Waals surface area contributed by atoms with Crippen LogP contribution in [0.15, 0.2) is 24.3 Å². The summed E-state index contributed by atoms with van der Waals surface area (Å²) in [6.07, 6.45) is 1.21. The lowest BCUT2D eigenvalue weighted by molar-refractivity contribution is 0.138. The van der Waals surface area contributed by atoms with Gasteiger partial charge in [0.2, 0.25) is 0 Å². The average molecular weight is 239 g/mol. The molecule has 0 aromatic heterocycles. The summed E-state index contributed by atoms with van der Waals surface area (Å²) in [5, 5.41) is 4.16. The highest BCUT2D eigenvalue weighted by molar-refractivity contribution is 6.30. The smallest absolute Gasteiger partial charge is 0.0409 e. The number of hydrogen-bond donors (Lipinski definition) is 1. The van der Waals surface area contributed by atoms with E-state index in [1.807, 2.05) is 12.1 Å². The third-order valence-corrected chi connectivity index (χ3v) is 3.30. The van der Waals surface area contributed by atoms with Gasteiger partial charge in [0, 0.05) is 30.7 Å². The van der Waals surface area contributed by atoms with Gasteiger partial charge < -0.3 is 5.32 Å². The molecule has 1 N–H and O–H groups in total. The molecule has 1 aromatic carbocycles. The van der Waals surface area contributed by atoms with E-state index in [1.165, 1.54) is 18.5 Å². The first kappa shape index (κ1) is 11.9. The Morgan fingerprint density at radius 1 is 1.44 bits per heavy atom. The van der Waals surface area contributed by atoms with Crippen molar-refractivity contribution in [2.24, 2.45) is 0 Å². The Labute approximate surface area is 103 Å². The van der Waals surface area contributed by atoms with Gasteiger partial charge in [-0.2, -0.15) is 0 Å². The number of nitrogens with zero attached hydrogens (tertiary/aromatic N) is 1. The molecule has 2 rings (SSSR count). The van der Waals surface area contributed by atoms with Gasteiger partial charge in [-0.25, -0.2) is 0 Å². The molecule has 3 heteroatoms. The van der Waals surface area contributed by atoms with Crippen LogP contribution in [0.4, 0.5) is 0 Å². The van der Waals surface area contributed by atoms with Gasteiger partial charge in [-0.1, -0.05) is 30.7 Å². The van der Waals surface area contributed by atoms with Gasteiger partial charge in [0.15, 0.2) is 0 Å². The Morgan fingerprint density at radius 3 is 2.81 bits per heavy atom. The highest BCUT2D eigenvalue weighted by Crippen LogP contribution is 2.15. The topological polar surface area (TPSA) is 15.3 Å². The van der Waals surface area contributed by atoms with Crippen molar-refractivity contribution in [1.29, 1.82) is 0 Å². The quantitative estimate of drug-likeness (QED) is 0.848. The first-order valence-corrected chi connectivity index (χ1v) is 6.36. The molecule has 0 saturated carbocycles. The van der Waals surface area contributed by atoms with Crippen LogP contribution in [-0.4, -0.2) is 30.6 Å². The van der Waals surface area contributed by atoms with Crippen molar-refractivity contribution >= 4 is 11.6 Å². The van der Waals surface area contributed by atoms with Crippen LogP contribution in [0.3, 0.4) is 0 Å². The van der Waals surface area contributed by atoms with Crippen molar-refractivity contribution in [2.75, 3.05) is 19.6 Å². The highest BCUT2D eigenvalue weighted by atomic mass is 35.5. The van der Waals surface area contributed by atoms with E-state index in [0.29, 0.717) is 6.04 Å². The molecule has 88 valence electrons. The lowest BCUT2D eigenvalue weighted by Crippen LogP contribution is -2.56. The van der Waals surface area contributed by atoms with Crippen molar-refractivity contribution in [3.63, 3.8) is 0 Å². The molecular formula is C13H19ClN2. The number of halogens is 1. The van der Waals surface area contributed by atoms with Crippen LogP contribution < -0.4 is 5.32 Å². The Kier molecular flexibility index (Phi) is 4.22. The Balaban J connectivity index is 1.98. The molecule has 2 nitrogen and oxygen atoms in total. The molecule has 0 atom stereocenters. The third-order valence-electron chi connectivity index (χ3n) is 3.06. The van der Waals surface area contributed by atoms with E-state index in [9.17, 15) is 0 Å². The minimum Gasteiger partial charge on any atom is -0.314 e. The van der Waals surface area contributed by atoms with Gasteiger partial charge in [-0.3, -0.25) is 4.90 Å². The third kappa shape index (κ3) is 2.97. The first-order valence-electron chi connectivity index (χ1n) is 5.99. The van der Waals surface area contributed by atoms with Crippen molar-refractivity contribution in [3.05, 3.63) is 34.9 Å². The zero-order chi connectivity index (χ0) is 11.4. The zero-order valence-electron chi connectivity index (χ0n) is 9.75. The summed E-state index contributed by atoms with van der Waals surface area (Å²) in [7, 11) is 0. The van der Waals surface area contributed by atoms with Crippen molar-refractivity contribution in [3.8, 4) is 0 Å². The molecule has 1 aliphatic rings. The molecular weight excluding hydrogens is 220 g/mol. The summed E-state index contributed by atoms with van der Waals surface area (Å²) in [6, 6.07) is 8.89. The fraction of sp³-hybridized carbons (Fsp3) is 0.538. The van der Waals surface area contributed by atoms with E-state index >= 15 is 0 Å². The van der Waals surface area contributed by atoms with Gasteiger partial charge in [-0.05, 0) is 30.7 Å². The Morgan fingerprint density at radius 2 is 2.25 bits per heavy atom. The van der Waals surface area contributed by atoms with Crippen LogP contribution in [0.25, 0.3) is 0 Å². The molecule has 0 aliphatic carbocycles. The number of hydrogen-bond acceptors (Lipinski definition) is 2. The molecule has 0 spiro atoms. The van der Waals surface area contributed by atoms with Crippen molar-refractivity contribution in [2.45, 2.75) is 25.9 Å². The van der Waals surface area contributed by atoms with Gasteiger partial charge in [-0.15, -0.1) is 0 Å². The first-order chi connectivity index (χ1) is 7.79. The second-order valence-electron chi connectivity index (χ2n) is 4.41. The summed E-state index contributed by atoms with van der Waals surface area (Å²) in [6.45, 7) is 6.66. The monoisotopic (exact) mass is 238 g/mol. The number of nitrogens with one attached hydrogen (secondary N) is 1. The molecule has 1 saturated heterocycles. The minimum absolute atomic E-state index is 0.707. The maximum atomic E-state index is 6.00. The predicted octanol–water partition coefficient (Wildman–Crippen LogP) is 2.52. The van der Waals surface area contributed by atoms with Gasteiger partial charge in [0.05, 0.1) is 0 Å². The van der Waals surface area contributed by atoms with E-state index < -0.39 is 0 Å². The van der Waals surface area contributed by atoms with Crippen LogP contribution >= 0.6 is 11.6 Å². The lowest BCUT2D eigenvalue weighted by Gasteiger charge is -2.38. The number of rotatable bonds is 5. The fourth-order valence-electron chi connectivity index (χ4n) is 2.08. The van der Waals surface area contributed by atoms with Crippen molar-refractivity contribution in [1.82, 2.24) is 10.2 Å². The second-order valence-corrected chi connectivity index (χ2v) is 4.85. The summed E-state index contributed by atoms with van der Waals surface area (Å²) >= 11 is 6.00. The van der Waals surface area contributed by atoms with Crippen molar-refractivity contribution < 1.29 is 0 Å². The molecule has 1 aromatic rings. The summed E-state index contributed by atoms with van der Waals surface area (Å²) in [5.41, 5.74) is 1.31. The predicted molar refractivity (Wildman–Crippen MR) is 68.8 cm³/mol. The zero-order valence-corrected chi connectivity index (χ0v) is 10.5. The highest BCUT2D eigenvalue weighted by Gasteiger charge is 2.23. The van der Waals surface area contributed by atoms with Crippen LogP contribution in [-0.2, 0) is 6.54 Å². The molecule has 16 heavy (non-hydrogen) atoms. The second kappa shape index (κ2) is 5.67. The average Bonchev–Trinajstić information content (AvgIpc) is 2.15. The molecule has 1 fully saturated rings. The summed E-state index contributed by atoms with van der Waals surface area (Å²) in [5.74, 6) is 0. The van der Waals surface area contributed by atoms with E-state index in [4.69, 9.17) is 11.6 Å². The van der Waals surface area contributed by atoms with E-state index in [1.54, 1.807) is 0 Å². The van der Waals surface area contributed by atoms with Crippen LogP contribution in [0.1, 0.15) is 18.9 Å². The van der Waals surface area contributed by atoms with Crippen LogP contribution in [0.2, 0.25) is 5.02 Å². The summed E-state index contributed by atoms with van der Waals surface area (Å²) in [4.78, 5) is 2.54. The summed E-state index contributed by atoms with van der Waals surface area (Å²) < 4.78 is 0. The largest absolute Gasteiger partial charge is 0.314 e. The Hall–Kier alpha value is -0.570. The van der Waals surface area contributed by atoms with E-state index in [0.717, 1.165) is 24.7 Å². The van der Waals surface area contributed by atoms with E-state index in [-0.39, 0.29) is 0 Å². The fourth-order valence-corrected chi connectivity index (χ4v) is 2.29. The van der Waals surface area contributed by atoms with Gasteiger partial charge in [0.25, 0.3) is 0 Å². The Bertz CT molecular complexity index is 336. The normalized spacial score (nSPS) is 16.4. The van der Waals surface area contributed by atoms with Crippen LogP contribution in [0.5, 0.6) is 0 Å². The van der Waals surface area contributed by atoms with Gasteiger partial charge in [0.1, 0.15) is 0 Å². The van der Waals surface area contributed by atoms with Crippen LogP contribution in [0, 0.1) is 0 Å². The minimum atomic E-state index is 0.707. The standard InChI is InChI=1S/C13H19ClN2/c1-2-6-16(13-8-15-9-13)10-11-4-3-5-12(14)7-11/h3-5,7,13,15H,2,6,8-10H2,1H3. The van der Waals surface area contributed by atoms with E-state index in [2.05, 4.69) is 29.3 Å². The molecule has 1 heterocycles.